The maximum atomic E-state index is 5.47. The van der Waals surface area contributed by atoms with Gasteiger partial charge in [-0.3, -0.25) is 4.99 Å². The highest BCUT2D eigenvalue weighted by Gasteiger charge is 2.25. The highest BCUT2D eigenvalue weighted by molar-refractivity contribution is 14.0. The molecule has 5 nitrogen and oxygen atoms in total. The van der Waals surface area contributed by atoms with Crippen molar-refractivity contribution in [1.82, 2.24) is 10.6 Å². The molecule has 1 heterocycles. The van der Waals surface area contributed by atoms with E-state index in [0.29, 0.717) is 6.04 Å². The molecule has 2 rings (SSSR count). The molecule has 0 radical (unpaired) electrons. The van der Waals surface area contributed by atoms with E-state index in [2.05, 4.69) is 46.5 Å². The molecule has 6 heteroatoms. The Bertz CT molecular complexity index is 495. The fourth-order valence-corrected chi connectivity index (χ4v) is 2.72. The van der Waals surface area contributed by atoms with Gasteiger partial charge >= 0.3 is 0 Å². The van der Waals surface area contributed by atoms with E-state index in [0.717, 1.165) is 50.7 Å². The van der Waals surface area contributed by atoms with Crippen LogP contribution in [0, 0.1) is 0 Å². The van der Waals surface area contributed by atoms with Crippen molar-refractivity contribution >= 4 is 35.6 Å². The maximum absolute atomic E-state index is 5.47. The second-order valence-electron chi connectivity index (χ2n) is 5.51. The number of guanidine groups is 1. The van der Waals surface area contributed by atoms with Crippen molar-refractivity contribution in [3.8, 4) is 5.75 Å². The minimum atomic E-state index is 0. The van der Waals surface area contributed by atoms with Gasteiger partial charge in [-0.05, 0) is 31.9 Å². The van der Waals surface area contributed by atoms with Gasteiger partial charge in [0.2, 0.25) is 0 Å². The van der Waals surface area contributed by atoms with Gasteiger partial charge in [0.1, 0.15) is 5.75 Å². The molecule has 130 valence electrons. The summed E-state index contributed by atoms with van der Waals surface area (Å²) in [6, 6.07) is 8.63. The summed E-state index contributed by atoms with van der Waals surface area (Å²) in [5.74, 6) is 1.87. The van der Waals surface area contributed by atoms with Gasteiger partial charge in [-0.2, -0.15) is 0 Å². The van der Waals surface area contributed by atoms with Crippen molar-refractivity contribution in [3.05, 3.63) is 24.3 Å². The zero-order valence-corrected chi connectivity index (χ0v) is 16.7. The van der Waals surface area contributed by atoms with E-state index < -0.39 is 0 Å². The molecule has 0 aromatic heterocycles. The molecule has 0 bridgehead atoms. The van der Waals surface area contributed by atoms with Crippen LogP contribution in [0.3, 0.4) is 0 Å². The normalized spacial score (nSPS) is 17.6. The summed E-state index contributed by atoms with van der Waals surface area (Å²) in [6.07, 6.45) is 2.17. The lowest BCUT2D eigenvalue weighted by atomic mass is 10.2. The third-order valence-electron chi connectivity index (χ3n) is 3.79. The third kappa shape index (κ3) is 5.75. The van der Waals surface area contributed by atoms with Crippen molar-refractivity contribution in [2.45, 2.75) is 32.7 Å². The van der Waals surface area contributed by atoms with Crippen LogP contribution >= 0.6 is 24.0 Å². The number of anilines is 1. The summed E-state index contributed by atoms with van der Waals surface area (Å²) in [7, 11) is 1.73. The molecule has 0 saturated carbocycles. The first-order valence-electron chi connectivity index (χ1n) is 8.21. The molecule has 1 aliphatic heterocycles. The topological polar surface area (TPSA) is 48.9 Å². The molecule has 1 saturated heterocycles. The first-order valence-corrected chi connectivity index (χ1v) is 8.21. The van der Waals surface area contributed by atoms with Crippen LogP contribution in [0.15, 0.2) is 29.3 Å². The van der Waals surface area contributed by atoms with E-state index in [1.165, 1.54) is 5.69 Å². The van der Waals surface area contributed by atoms with Crippen LogP contribution in [-0.2, 0) is 0 Å². The number of para-hydroxylation sites is 2. The molecule has 1 unspecified atom stereocenters. The predicted molar refractivity (Wildman–Crippen MR) is 108 cm³/mol. The minimum Gasteiger partial charge on any atom is -0.495 e. The fraction of sp³-hybridized carbons (Fsp3) is 0.588. The van der Waals surface area contributed by atoms with Crippen molar-refractivity contribution in [1.29, 1.82) is 0 Å². The molecule has 1 aromatic rings. The second-order valence-corrected chi connectivity index (χ2v) is 5.51. The molecule has 1 aromatic carbocycles. The number of halogens is 1. The van der Waals surface area contributed by atoms with Crippen molar-refractivity contribution < 1.29 is 4.74 Å². The molecule has 1 aliphatic rings. The third-order valence-corrected chi connectivity index (χ3v) is 3.79. The van der Waals surface area contributed by atoms with Gasteiger partial charge in [0.05, 0.1) is 12.8 Å². The van der Waals surface area contributed by atoms with Gasteiger partial charge in [-0.25, -0.2) is 0 Å². The van der Waals surface area contributed by atoms with E-state index in [4.69, 9.17) is 4.74 Å². The number of aliphatic imine (C=N–C) groups is 1. The quantitative estimate of drug-likeness (QED) is 0.413. The number of ether oxygens (including phenoxy) is 1. The molecule has 1 fully saturated rings. The van der Waals surface area contributed by atoms with Gasteiger partial charge in [0.15, 0.2) is 5.96 Å². The zero-order chi connectivity index (χ0) is 15.8. The monoisotopic (exact) mass is 432 g/mol. The standard InChI is InChI=1S/C17H28N4O.HI/c1-4-11-19-17(18-5-2)20-14-10-12-21(13-14)15-8-6-7-9-16(15)22-3;/h6-9,14H,4-5,10-13H2,1-3H3,(H2,18,19,20);1H. The predicted octanol–water partition coefficient (Wildman–Crippen LogP) is 2.86. The highest BCUT2D eigenvalue weighted by atomic mass is 127. The Morgan fingerprint density at radius 1 is 1.35 bits per heavy atom. The Hall–Kier alpha value is -1.18. The van der Waals surface area contributed by atoms with Crippen LogP contribution in [0.5, 0.6) is 5.75 Å². The lowest BCUT2D eigenvalue weighted by molar-refractivity contribution is 0.415. The Labute approximate surface area is 156 Å². The van der Waals surface area contributed by atoms with E-state index in [1.807, 2.05) is 12.1 Å². The van der Waals surface area contributed by atoms with Gasteiger partial charge in [-0.1, -0.05) is 19.1 Å². The van der Waals surface area contributed by atoms with E-state index in [9.17, 15) is 0 Å². The van der Waals surface area contributed by atoms with Crippen LogP contribution < -0.4 is 20.3 Å². The van der Waals surface area contributed by atoms with Crippen molar-refractivity contribution in [2.75, 3.05) is 38.2 Å². The van der Waals surface area contributed by atoms with E-state index in [-0.39, 0.29) is 24.0 Å². The minimum absolute atomic E-state index is 0. The Balaban J connectivity index is 0.00000264. The maximum Gasteiger partial charge on any atom is 0.191 e. The molecule has 0 aliphatic carbocycles. The lowest BCUT2D eigenvalue weighted by Crippen LogP contribution is -2.44. The van der Waals surface area contributed by atoms with Crippen LogP contribution in [-0.4, -0.2) is 45.3 Å². The molecule has 1 atom stereocenters. The van der Waals surface area contributed by atoms with Gasteiger partial charge in [0, 0.05) is 32.2 Å². The summed E-state index contributed by atoms with van der Waals surface area (Å²) < 4.78 is 5.47. The number of rotatable bonds is 6. The van der Waals surface area contributed by atoms with E-state index in [1.54, 1.807) is 7.11 Å². The number of hydrogen-bond acceptors (Lipinski definition) is 3. The van der Waals surface area contributed by atoms with Crippen LogP contribution in [0.1, 0.15) is 26.7 Å². The summed E-state index contributed by atoms with van der Waals surface area (Å²) in [4.78, 5) is 6.95. The van der Waals surface area contributed by atoms with Crippen LogP contribution in [0.25, 0.3) is 0 Å². The summed E-state index contributed by atoms with van der Waals surface area (Å²) in [6.45, 7) is 7.99. The first kappa shape index (κ1) is 19.9. The van der Waals surface area contributed by atoms with Crippen molar-refractivity contribution in [3.63, 3.8) is 0 Å². The zero-order valence-electron chi connectivity index (χ0n) is 14.3. The number of benzene rings is 1. The SMILES string of the molecule is CCCN=C(NCC)NC1CCN(c2ccccc2OC)C1.I. The number of hydrogen-bond donors (Lipinski definition) is 2. The van der Waals surface area contributed by atoms with E-state index >= 15 is 0 Å². The average Bonchev–Trinajstić information content (AvgIpc) is 3.01. The highest BCUT2D eigenvalue weighted by Crippen LogP contribution is 2.30. The Morgan fingerprint density at radius 3 is 2.83 bits per heavy atom. The largest absolute Gasteiger partial charge is 0.495 e. The molecule has 23 heavy (non-hydrogen) atoms. The number of methoxy groups -OCH3 is 1. The van der Waals surface area contributed by atoms with Crippen LogP contribution in [0.2, 0.25) is 0 Å². The molecule has 2 N–H and O–H groups in total. The number of nitrogens with zero attached hydrogens (tertiary/aromatic N) is 2. The Morgan fingerprint density at radius 2 is 2.13 bits per heavy atom. The average molecular weight is 432 g/mol. The molecule has 0 amide bonds. The smallest absolute Gasteiger partial charge is 0.191 e. The molecular weight excluding hydrogens is 403 g/mol. The van der Waals surface area contributed by atoms with Crippen LogP contribution in [0.4, 0.5) is 5.69 Å². The Kier molecular flexibility index (Phi) is 9.13. The van der Waals surface area contributed by atoms with Gasteiger partial charge < -0.3 is 20.3 Å². The first-order chi connectivity index (χ1) is 10.8. The summed E-state index contributed by atoms with van der Waals surface area (Å²) in [5.41, 5.74) is 1.17. The summed E-state index contributed by atoms with van der Waals surface area (Å²) in [5, 5.41) is 6.86. The fourth-order valence-electron chi connectivity index (χ4n) is 2.72. The lowest BCUT2D eigenvalue weighted by Gasteiger charge is -2.22. The second kappa shape index (κ2) is 10.6. The molecular formula is C17H29IN4O. The van der Waals surface area contributed by atoms with Gasteiger partial charge in [-0.15, -0.1) is 24.0 Å². The number of nitrogens with one attached hydrogen (secondary N) is 2. The van der Waals surface area contributed by atoms with Crippen molar-refractivity contribution in [2.24, 2.45) is 4.99 Å². The summed E-state index contributed by atoms with van der Waals surface area (Å²) >= 11 is 0. The van der Waals surface area contributed by atoms with Gasteiger partial charge in [0.25, 0.3) is 0 Å². The molecule has 0 spiro atoms.